The lowest BCUT2D eigenvalue weighted by molar-refractivity contribution is 0.0873. The van der Waals surface area contributed by atoms with E-state index in [1.54, 1.807) is 18.2 Å². The minimum absolute atomic E-state index is 0.130. The van der Waals surface area contributed by atoms with Gasteiger partial charge < -0.3 is 10.4 Å². The first-order chi connectivity index (χ1) is 9.06. The first kappa shape index (κ1) is 14.8. The number of amides is 1. The van der Waals surface area contributed by atoms with Gasteiger partial charge in [0.25, 0.3) is 5.91 Å². The average molecular weight is 347 g/mol. The molecule has 2 N–H and O–H groups in total. The van der Waals surface area contributed by atoms with Crippen LogP contribution in [-0.2, 0) is 0 Å². The second-order valence-corrected chi connectivity index (χ2v) is 6.31. The van der Waals surface area contributed by atoms with E-state index in [9.17, 15) is 9.90 Å². The summed E-state index contributed by atoms with van der Waals surface area (Å²) in [5, 5.41) is 13.1. The van der Waals surface area contributed by atoms with Gasteiger partial charge in [0.15, 0.2) is 0 Å². The summed E-state index contributed by atoms with van der Waals surface area (Å²) in [7, 11) is 0. The molecular formula is C14H17BrClNO2. The molecule has 1 aliphatic rings. The highest BCUT2D eigenvalue weighted by atomic mass is 79.9. The molecule has 104 valence electrons. The first-order valence-corrected chi connectivity index (χ1v) is 7.64. The largest absolute Gasteiger partial charge is 0.393 e. The van der Waals surface area contributed by atoms with Crippen molar-refractivity contribution in [2.75, 3.05) is 6.54 Å². The van der Waals surface area contributed by atoms with Crippen LogP contribution in [0, 0.1) is 5.92 Å². The summed E-state index contributed by atoms with van der Waals surface area (Å²) in [6.07, 6.45) is 3.53. The fourth-order valence-corrected chi connectivity index (χ4v) is 3.05. The summed E-state index contributed by atoms with van der Waals surface area (Å²) in [5.74, 6) is 0.236. The number of hydrogen-bond acceptors (Lipinski definition) is 2. The molecule has 1 aromatic rings. The Kier molecular flexibility index (Phi) is 5.25. The summed E-state index contributed by atoms with van der Waals surface area (Å²) < 4.78 is 0.734. The van der Waals surface area contributed by atoms with E-state index < -0.39 is 0 Å². The molecule has 0 heterocycles. The second-order valence-electron chi connectivity index (χ2n) is 5.02. The van der Waals surface area contributed by atoms with E-state index in [4.69, 9.17) is 11.6 Å². The van der Waals surface area contributed by atoms with Crippen LogP contribution in [0.4, 0.5) is 0 Å². The number of carbonyl (C=O) groups is 1. The molecule has 5 heteroatoms. The first-order valence-electron chi connectivity index (χ1n) is 6.47. The van der Waals surface area contributed by atoms with E-state index in [1.165, 1.54) is 0 Å². The lowest BCUT2D eigenvalue weighted by Gasteiger charge is -2.25. The Hall–Kier alpha value is -0.580. The van der Waals surface area contributed by atoms with Gasteiger partial charge in [0.2, 0.25) is 0 Å². The molecule has 1 aromatic carbocycles. The van der Waals surface area contributed by atoms with E-state index in [-0.39, 0.29) is 12.0 Å². The molecule has 0 bridgehead atoms. The Labute approximate surface area is 126 Å². The summed E-state index contributed by atoms with van der Waals surface area (Å²) >= 11 is 9.24. The maximum absolute atomic E-state index is 12.1. The molecule has 19 heavy (non-hydrogen) atoms. The van der Waals surface area contributed by atoms with Crippen LogP contribution in [-0.4, -0.2) is 23.7 Å². The molecule has 1 aliphatic carbocycles. The van der Waals surface area contributed by atoms with Crippen LogP contribution in [0.1, 0.15) is 36.0 Å². The van der Waals surface area contributed by atoms with Gasteiger partial charge in [-0.1, -0.05) is 18.0 Å². The van der Waals surface area contributed by atoms with Crippen LogP contribution in [0.2, 0.25) is 5.02 Å². The topological polar surface area (TPSA) is 49.3 Å². The van der Waals surface area contributed by atoms with Crippen molar-refractivity contribution in [3.05, 3.63) is 33.3 Å². The maximum Gasteiger partial charge on any atom is 0.252 e. The zero-order valence-electron chi connectivity index (χ0n) is 10.5. The Balaban J connectivity index is 1.92. The standard InChI is InChI=1S/C14H17BrClNO2/c15-13-5-4-10(16)7-12(13)14(19)17-8-9-2-1-3-11(18)6-9/h4-5,7,9,11,18H,1-3,6,8H2,(H,17,19). The van der Waals surface area contributed by atoms with Crippen molar-refractivity contribution in [1.29, 1.82) is 0 Å². The van der Waals surface area contributed by atoms with Crippen molar-refractivity contribution >= 4 is 33.4 Å². The highest BCUT2D eigenvalue weighted by Gasteiger charge is 2.21. The van der Waals surface area contributed by atoms with Crippen LogP contribution in [0.15, 0.2) is 22.7 Å². The zero-order chi connectivity index (χ0) is 13.8. The summed E-state index contributed by atoms with van der Waals surface area (Å²) in [5.41, 5.74) is 0.545. The average Bonchev–Trinajstić information content (AvgIpc) is 2.39. The molecule has 0 aromatic heterocycles. The predicted octanol–water partition coefficient (Wildman–Crippen LogP) is 3.38. The lowest BCUT2D eigenvalue weighted by atomic mass is 9.87. The number of nitrogens with one attached hydrogen (secondary N) is 1. The van der Waals surface area contributed by atoms with E-state index in [2.05, 4.69) is 21.2 Å². The summed E-state index contributed by atoms with van der Waals surface area (Å²) in [4.78, 5) is 12.1. The Morgan fingerprint density at radius 1 is 1.47 bits per heavy atom. The second kappa shape index (κ2) is 6.73. The number of aliphatic hydroxyl groups excluding tert-OH is 1. The van der Waals surface area contributed by atoms with Crippen LogP contribution < -0.4 is 5.32 Å². The van der Waals surface area contributed by atoms with E-state index >= 15 is 0 Å². The normalized spacial score (nSPS) is 23.1. The summed E-state index contributed by atoms with van der Waals surface area (Å²) in [6.45, 7) is 0.606. The molecule has 3 nitrogen and oxygen atoms in total. The van der Waals surface area contributed by atoms with Crippen LogP contribution >= 0.6 is 27.5 Å². The third-order valence-electron chi connectivity index (χ3n) is 3.48. The Morgan fingerprint density at radius 2 is 2.26 bits per heavy atom. The minimum atomic E-state index is -0.214. The molecule has 2 rings (SSSR count). The number of carbonyl (C=O) groups excluding carboxylic acids is 1. The van der Waals surface area contributed by atoms with Crippen molar-refractivity contribution in [3.63, 3.8) is 0 Å². The van der Waals surface area contributed by atoms with Gasteiger partial charge in [-0.05, 0) is 59.3 Å². The fraction of sp³-hybridized carbons (Fsp3) is 0.500. The highest BCUT2D eigenvalue weighted by molar-refractivity contribution is 9.10. The quantitative estimate of drug-likeness (QED) is 0.881. The molecule has 0 spiro atoms. The van der Waals surface area contributed by atoms with Gasteiger partial charge in [0, 0.05) is 16.0 Å². The molecular weight excluding hydrogens is 330 g/mol. The third kappa shape index (κ3) is 4.20. The highest BCUT2D eigenvalue weighted by Crippen LogP contribution is 2.24. The van der Waals surface area contributed by atoms with Crippen LogP contribution in [0.25, 0.3) is 0 Å². The van der Waals surface area contributed by atoms with Gasteiger partial charge in [-0.2, -0.15) is 0 Å². The van der Waals surface area contributed by atoms with E-state index in [0.717, 1.165) is 30.2 Å². The maximum atomic E-state index is 12.1. The van der Waals surface area contributed by atoms with Crippen LogP contribution in [0.3, 0.4) is 0 Å². The van der Waals surface area contributed by atoms with Gasteiger partial charge in [0.05, 0.1) is 11.7 Å². The monoisotopic (exact) mass is 345 g/mol. The Bertz CT molecular complexity index is 467. The number of hydrogen-bond donors (Lipinski definition) is 2. The minimum Gasteiger partial charge on any atom is -0.393 e. The molecule has 0 aliphatic heterocycles. The summed E-state index contributed by atoms with van der Waals surface area (Å²) in [6, 6.07) is 5.15. The van der Waals surface area contributed by atoms with Crippen molar-refractivity contribution in [1.82, 2.24) is 5.32 Å². The molecule has 0 radical (unpaired) electrons. The van der Waals surface area contributed by atoms with Crippen molar-refractivity contribution in [2.45, 2.75) is 31.8 Å². The van der Waals surface area contributed by atoms with Crippen LogP contribution in [0.5, 0.6) is 0 Å². The van der Waals surface area contributed by atoms with Crippen molar-refractivity contribution < 1.29 is 9.90 Å². The molecule has 2 unspecified atom stereocenters. The molecule has 1 amide bonds. The zero-order valence-corrected chi connectivity index (χ0v) is 12.9. The smallest absolute Gasteiger partial charge is 0.252 e. The van der Waals surface area contributed by atoms with Gasteiger partial charge in [0.1, 0.15) is 0 Å². The lowest BCUT2D eigenvalue weighted by Crippen LogP contribution is -2.33. The van der Waals surface area contributed by atoms with Gasteiger partial charge >= 0.3 is 0 Å². The SMILES string of the molecule is O=C(NCC1CCCC(O)C1)c1cc(Cl)ccc1Br. The molecule has 1 fully saturated rings. The van der Waals surface area contributed by atoms with Gasteiger partial charge in [-0.25, -0.2) is 0 Å². The molecule has 2 atom stereocenters. The fourth-order valence-electron chi connectivity index (χ4n) is 2.45. The van der Waals surface area contributed by atoms with Crippen molar-refractivity contribution in [3.8, 4) is 0 Å². The molecule has 0 saturated heterocycles. The molecule has 1 saturated carbocycles. The number of rotatable bonds is 3. The van der Waals surface area contributed by atoms with Crippen molar-refractivity contribution in [2.24, 2.45) is 5.92 Å². The number of aliphatic hydroxyl groups is 1. The van der Waals surface area contributed by atoms with E-state index in [0.29, 0.717) is 23.0 Å². The Morgan fingerprint density at radius 3 is 3.00 bits per heavy atom. The van der Waals surface area contributed by atoms with Gasteiger partial charge in [-0.3, -0.25) is 4.79 Å². The predicted molar refractivity (Wildman–Crippen MR) is 79.5 cm³/mol. The van der Waals surface area contributed by atoms with Gasteiger partial charge in [-0.15, -0.1) is 0 Å². The van der Waals surface area contributed by atoms with E-state index in [1.807, 2.05) is 0 Å². The third-order valence-corrected chi connectivity index (χ3v) is 4.41. The number of benzene rings is 1. The number of halogens is 2.